The molecule has 1 aliphatic rings. The number of rotatable bonds is 5. The van der Waals surface area contributed by atoms with Gasteiger partial charge in [0.15, 0.2) is 0 Å². The van der Waals surface area contributed by atoms with E-state index in [0.717, 1.165) is 0 Å². The van der Waals surface area contributed by atoms with E-state index in [4.69, 9.17) is 0 Å². The molecule has 0 bridgehead atoms. The Morgan fingerprint density at radius 3 is 2.57 bits per heavy atom. The minimum absolute atomic E-state index is 0.00184. The molecule has 0 unspecified atom stereocenters. The first kappa shape index (κ1) is 17.3. The van der Waals surface area contributed by atoms with Gasteiger partial charge in [-0.1, -0.05) is 12.8 Å². The Bertz CT molecular complexity index is 531. The lowest BCUT2D eigenvalue weighted by Crippen LogP contribution is -2.44. The molecular formula is C14H19F3N4O2. The van der Waals surface area contributed by atoms with Crippen LogP contribution in [0.1, 0.15) is 36.2 Å². The molecule has 128 valence electrons. The summed E-state index contributed by atoms with van der Waals surface area (Å²) in [5.41, 5.74) is 0.278. The van der Waals surface area contributed by atoms with Gasteiger partial charge < -0.3 is 10.6 Å². The maximum atomic E-state index is 13.0. The largest absolute Gasteiger partial charge is 0.392 e. The number of nitrogens with zero attached hydrogens (tertiary/aromatic N) is 1. The van der Waals surface area contributed by atoms with Crippen LogP contribution < -0.4 is 10.6 Å². The SMILES string of the molecule is O=C(NCCNC(=O)[C@H]1CCCC[C@H]1C(F)(F)F)c1ccn[nH]1. The van der Waals surface area contributed by atoms with E-state index < -0.39 is 23.9 Å². The molecule has 1 aliphatic carbocycles. The van der Waals surface area contributed by atoms with Crippen LogP contribution >= 0.6 is 0 Å². The Morgan fingerprint density at radius 1 is 1.22 bits per heavy atom. The van der Waals surface area contributed by atoms with E-state index >= 15 is 0 Å². The van der Waals surface area contributed by atoms with Crippen molar-refractivity contribution in [3.05, 3.63) is 18.0 Å². The van der Waals surface area contributed by atoms with Crippen LogP contribution in [0.15, 0.2) is 12.3 Å². The Hall–Kier alpha value is -2.06. The molecule has 0 saturated heterocycles. The van der Waals surface area contributed by atoms with Gasteiger partial charge in [0.2, 0.25) is 5.91 Å². The predicted molar refractivity (Wildman–Crippen MR) is 75.4 cm³/mol. The van der Waals surface area contributed by atoms with Crippen molar-refractivity contribution in [1.29, 1.82) is 0 Å². The lowest BCUT2D eigenvalue weighted by atomic mass is 9.78. The van der Waals surface area contributed by atoms with Crippen LogP contribution in [0.5, 0.6) is 0 Å². The molecular weight excluding hydrogens is 313 g/mol. The van der Waals surface area contributed by atoms with Gasteiger partial charge in [-0.05, 0) is 18.9 Å². The molecule has 9 heteroatoms. The van der Waals surface area contributed by atoms with Crippen molar-refractivity contribution >= 4 is 11.8 Å². The second-order valence-corrected chi connectivity index (χ2v) is 5.56. The molecule has 0 radical (unpaired) electrons. The van der Waals surface area contributed by atoms with E-state index in [1.807, 2.05) is 0 Å². The molecule has 1 aromatic rings. The zero-order valence-electron chi connectivity index (χ0n) is 12.4. The average molecular weight is 332 g/mol. The second kappa shape index (κ2) is 7.47. The summed E-state index contributed by atoms with van der Waals surface area (Å²) in [6.45, 7) is 0.215. The van der Waals surface area contributed by atoms with Crippen molar-refractivity contribution in [2.45, 2.75) is 31.9 Å². The number of H-pyrrole nitrogens is 1. The van der Waals surface area contributed by atoms with Gasteiger partial charge in [-0.25, -0.2) is 0 Å². The summed E-state index contributed by atoms with van der Waals surface area (Å²) in [5.74, 6) is -3.59. The molecule has 1 fully saturated rings. The third-order valence-corrected chi connectivity index (χ3v) is 3.98. The van der Waals surface area contributed by atoms with E-state index in [0.29, 0.717) is 12.8 Å². The van der Waals surface area contributed by atoms with Crippen LogP contribution in [0, 0.1) is 11.8 Å². The summed E-state index contributed by atoms with van der Waals surface area (Å²) < 4.78 is 38.9. The Labute approximate surface area is 131 Å². The number of carbonyl (C=O) groups is 2. The third kappa shape index (κ3) is 4.70. The highest BCUT2D eigenvalue weighted by atomic mass is 19.4. The van der Waals surface area contributed by atoms with Crippen molar-refractivity contribution in [2.24, 2.45) is 11.8 Å². The van der Waals surface area contributed by atoms with Crippen molar-refractivity contribution in [2.75, 3.05) is 13.1 Å². The molecule has 2 amide bonds. The van der Waals surface area contributed by atoms with Crippen LogP contribution in [0.25, 0.3) is 0 Å². The topological polar surface area (TPSA) is 86.9 Å². The third-order valence-electron chi connectivity index (χ3n) is 3.98. The van der Waals surface area contributed by atoms with Crippen LogP contribution in [0.3, 0.4) is 0 Å². The maximum Gasteiger partial charge on any atom is 0.392 e. The molecule has 3 N–H and O–H groups in total. The number of carbonyl (C=O) groups excluding carboxylic acids is 2. The second-order valence-electron chi connectivity index (χ2n) is 5.56. The minimum Gasteiger partial charge on any atom is -0.354 e. The molecule has 23 heavy (non-hydrogen) atoms. The van der Waals surface area contributed by atoms with Crippen LogP contribution in [0.2, 0.25) is 0 Å². The highest BCUT2D eigenvalue weighted by Gasteiger charge is 2.47. The Balaban J connectivity index is 1.76. The van der Waals surface area contributed by atoms with E-state index in [9.17, 15) is 22.8 Å². The fourth-order valence-corrected chi connectivity index (χ4v) is 2.81. The molecule has 6 nitrogen and oxygen atoms in total. The summed E-state index contributed by atoms with van der Waals surface area (Å²) in [5, 5.41) is 11.1. The van der Waals surface area contributed by atoms with Crippen molar-refractivity contribution in [3.8, 4) is 0 Å². The fourth-order valence-electron chi connectivity index (χ4n) is 2.81. The Morgan fingerprint density at radius 2 is 1.91 bits per heavy atom. The van der Waals surface area contributed by atoms with Gasteiger partial charge in [0, 0.05) is 25.2 Å². The number of hydrogen-bond donors (Lipinski definition) is 3. The smallest absolute Gasteiger partial charge is 0.354 e. The van der Waals surface area contributed by atoms with Gasteiger partial charge in [-0.15, -0.1) is 0 Å². The van der Waals surface area contributed by atoms with E-state index in [1.165, 1.54) is 12.3 Å². The number of amides is 2. The molecule has 1 heterocycles. The summed E-state index contributed by atoms with van der Waals surface area (Å²) in [4.78, 5) is 23.6. The summed E-state index contributed by atoms with van der Waals surface area (Å²) in [7, 11) is 0. The minimum atomic E-state index is -4.35. The molecule has 2 rings (SSSR count). The maximum absolute atomic E-state index is 13.0. The van der Waals surface area contributed by atoms with Crippen molar-refractivity contribution in [3.63, 3.8) is 0 Å². The van der Waals surface area contributed by atoms with E-state index in [2.05, 4.69) is 20.8 Å². The van der Waals surface area contributed by atoms with Crippen molar-refractivity contribution in [1.82, 2.24) is 20.8 Å². The first-order chi connectivity index (χ1) is 10.9. The summed E-state index contributed by atoms with van der Waals surface area (Å²) in [6, 6.07) is 1.49. The predicted octanol–water partition coefficient (Wildman–Crippen LogP) is 1.62. The molecule has 0 spiro atoms. The number of hydrogen-bond acceptors (Lipinski definition) is 3. The quantitative estimate of drug-likeness (QED) is 0.716. The molecule has 1 saturated carbocycles. The highest BCUT2D eigenvalue weighted by Crippen LogP contribution is 2.41. The number of aromatic amines is 1. The number of aromatic nitrogens is 2. The van der Waals surface area contributed by atoms with Gasteiger partial charge in [0.05, 0.1) is 5.92 Å². The molecule has 2 atom stereocenters. The number of alkyl halides is 3. The molecule has 1 aromatic heterocycles. The van der Waals surface area contributed by atoms with Gasteiger partial charge in [-0.3, -0.25) is 14.7 Å². The molecule has 0 aromatic carbocycles. The lowest BCUT2D eigenvalue weighted by Gasteiger charge is -2.32. The lowest BCUT2D eigenvalue weighted by molar-refractivity contribution is -0.198. The van der Waals surface area contributed by atoms with Crippen molar-refractivity contribution < 1.29 is 22.8 Å². The standard InChI is InChI=1S/C14H19F3N4O2/c15-14(16,17)10-4-2-1-3-9(10)12(22)18-7-8-19-13(23)11-5-6-20-21-11/h5-6,9-10H,1-4,7-8H2,(H,18,22)(H,19,23)(H,20,21)/t9-,10+/m0/s1. The Kier molecular flexibility index (Phi) is 5.62. The normalized spacial score (nSPS) is 21.7. The van der Waals surface area contributed by atoms with Gasteiger partial charge in [0.25, 0.3) is 5.91 Å². The van der Waals surface area contributed by atoms with Gasteiger partial charge in [0.1, 0.15) is 5.69 Å². The highest BCUT2D eigenvalue weighted by molar-refractivity contribution is 5.92. The summed E-state index contributed by atoms with van der Waals surface area (Å²) >= 11 is 0. The molecule has 0 aliphatic heterocycles. The number of nitrogens with one attached hydrogen (secondary N) is 3. The van der Waals surface area contributed by atoms with Gasteiger partial charge >= 0.3 is 6.18 Å². The first-order valence-corrected chi connectivity index (χ1v) is 7.51. The van der Waals surface area contributed by atoms with Crippen LogP contribution in [-0.2, 0) is 4.79 Å². The summed E-state index contributed by atoms with van der Waals surface area (Å²) in [6.07, 6.45) is -1.56. The van der Waals surface area contributed by atoms with Crippen LogP contribution in [-0.4, -0.2) is 41.3 Å². The average Bonchev–Trinajstić information content (AvgIpc) is 3.04. The van der Waals surface area contributed by atoms with Crippen LogP contribution in [0.4, 0.5) is 13.2 Å². The monoisotopic (exact) mass is 332 g/mol. The zero-order valence-corrected chi connectivity index (χ0v) is 12.4. The van der Waals surface area contributed by atoms with E-state index in [1.54, 1.807) is 0 Å². The zero-order chi connectivity index (χ0) is 16.9. The fraction of sp³-hybridized carbons (Fsp3) is 0.643. The van der Waals surface area contributed by atoms with Gasteiger partial charge in [-0.2, -0.15) is 18.3 Å². The number of halogens is 3. The first-order valence-electron chi connectivity index (χ1n) is 7.51. The van der Waals surface area contributed by atoms with E-state index in [-0.39, 0.29) is 37.5 Å².